The van der Waals surface area contributed by atoms with Crippen molar-refractivity contribution in [2.75, 3.05) is 125 Å². The van der Waals surface area contributed by atoms with E-state index >= 15 is 0 Å². The van der Waals surface area contributed by atoms with Crippen molar-refractivity contribution in [3.8, 4) is 40.4 Å². The number of benzene rings is 3. The van der Waals surface area contributed by atoms with Gasteiger partial charge in [0.1, 0.15) is 74.9 Å². The number of pyridine rings is 3. The zero-order valence-corrected chi connectivity index (χ0v) is 53.7. The number of morpholine rings is 3. The van der Waals surface area contributed by atoms with Gasteiger partial charge in [-0.25, -0.2) is 9.97 Å². The molecule has 0 bridgehead atoms. The van der Waals surface area contributed by atoms with Crippen molar-refractivity contribution >= 4 is 73.6 Å². The third-order valence-electron chi connectivity index (χ3n) is 14.7. The summed E-state index contributed by atoms with van der Waals surface area (Å²) >= 11 is 20.1. The van der Waals surface area contributed by atoms with Crippen molar-refractivity contribution in [2.24, 2.45) is 0 Å². The molecule has 464 valence electrons. The van der Waals surface area contributed by atoms with Crippen LogP contribution in [0.4, 0.5) is 0 Å². The maximum atomic E-state index is 6.81. The molecule has 16 nitrogen and oxygen atoms in total. The standard InChI is InChI=1S/C24H33ClN2O3.C22H29ClN2O3.C20H27ClN2O4/c1-17(2)30-22-16-20(18-6-4-3-5-7-18)26-24-19(22)8-9-21(23(24)25)29-15-12-27-10-13-28-14-11-27;1-15(2)13-17-14-20(28-16(3)4)18-5-6-19(21(23)22(18)24-17)27-12-9-25-7-10-26-11-8-25;1-4-25-18-13-17(27-14(2)3)15-5-6-16(19(21)20(15)22-18)26-12-9-23-7-10-24-11-8-23/h8-9,16-18H,3-7,10-15H2,1-2H3;5-6,13-14,16H,7-12H2,1-4H3;5-6,13-14H,4,7-12H2,1-3H3. The summed E-state index contributed by atoms with van der Waals surface area (Å²) in [6.07, 6.45) is 8.45. The van der Waals surface area contributed by atoms with Gasteiger partial charge in [0, 0.05) is 105 Å². The number of nitrogens with zero attached hydrogens (tertiary/aromatic N) is 6. The molecule has 0 atom stereocenters. The molecule has 0 spiro atoms. The van der Waals surface area contributed by atoms with E-state index in [9.17, 15) is 0 Å². The molecule has 3 aromatic heterocycles. The molecule has 1 aliphatic carbocycles. The van der Waals surface area contributed by atoms with Gasteiger partial charge in [0.25, 0.3) is 0 Å². The second kappa shape index (κ2) is 33.3. The van der Waals surface area contributed by atoms with E-state index in [1.165, 1.54) is 32.1 Å². The summed E-state index contributed by atoms with van der Waals surface area (Å²) in [4.78, 5) is 21.3. The Balaban J connectivity index is 0.000000166. The molecule has 3 aliphatic heterocycles. The predicted molar refractivity (Wildman–Crippen MR) is 342 cm³/mol. The maximum absolute atomic E-state index is 6.81. The molecule has 1 saturated carbocycles. The molecule has 0 unspecified atom stereocenters. The van der Waals surface area contributed by atoms with Gasteiger partial charge in [0.05, 0.1) is 81.3 Å². The Morgan fingerprint density at radius 1 is 0.506 bits per heavy atom. The molecule has 4 aliphatic rings. The SMILES string of the molecule is CC(C)=Cc1cc(OC(C)C)c2ccc(OCCN3CCOCC3)c(Cl)c2n1.CC(C)Oc1cc(C2CCCCC2)nc2c(Cl)c(OCCN3CCOCC3)ccc12.CCOc1cc(OC(C)C)c2ccc(OCCN3CCOCC3)c(Cl)c2n1. The molecule has 19 heteroatoms. The highest BCUT2D eigenvalue weighted by Crippen LogP contribution is 2.42. The Morgan fingerprint density at radius 2 is 0.894 bits per heavy atom. The van der Waals surface area contributed by atoms with Gasteiger partial charge in [0.2, 0.25) is 5.88 Å². The number of fused-ring (bicyclic) bond motifs is 3. The number of ether oxygens (including phenoxy) is 10. The number of halogens is 3. The van der Waals surface area contributed by atoms with Crippen LogP contribution in [0.5, 0.6) is 40.4 Å². The van der Waals surface area contributed by atoms with E-state index < -0.39 is 0 Å². The third-order valence-corrected chi connectivity index (χ3v) is 15.8. The molecule has 0 radical (unpaired) electrons. The average molecular weight is 1230 g/mol. The lowest BCUT2D eigenvalue weighted by atomic mass is 9.86. The Kier molecular flexibility index (Phi) is 25.8. The lowest BCUT2D eigenvalue weighted by molar-refractivity contribution is 0.0322. The van der Waals surface area contributed by atoms with E-state index in [1.54, 1.807) is 6.07 Å². The Hall–Kier alpha value is -5.14. The van der Waals surface area contributed by atoms with Gasteiger partial charge in [-0.3, -0.25) is 19.7 Å². The van der Waals surface area contributed by atoms with Gasteiger partial charge in [-0.1, -0.05) is 59.6 Å². The minimum Gasteiger partial charge on any atom is -0.491 e. The summed E-state index contributed by atoms with van der Waals surface area (Å²) in [5.74, 6) is 5.31. The molecule has 10 rings (SSSR count). The smallest absolute Gasteiger partial charge is 0.217 e. The van der Waals surface area contributed by atoms with E-state index in [0.29, 0.717) is 87.3 Å². The van der Waals surface area contributed by atoms with Crippen LogP contribution in [0.15, 0.2) is 60.2 Å². The second-order valence-electron chi connectivity index (χ2n) is 22.8. The third kappa shape index (κ3) is 19.4. The monoisotopic (exact) mass is 1230 g/mol. The van der Waals surface area contributed by atoms with Crippen LogP contribution >= 0.6 is 34.8 Å². The lowest BCUT2D eigenvalue weighted by Crippen LogP contribution is -2.38. The van der Waals surface area contributed by atoms with E-state index in [2.05, 4.69) is 39.6 Å². The first-order valence-electron chi connectivity index (χ1n) is 30.6. The van der Waals surface area contributed by atoms with Crippen molar-refractivity contribution in [3.63, 3.8) is 0 Å². The summed E-state index contributed by atoms with van der Waals surface area (Å²) in [5.41, 5.74) is 5.22. The molecule has 4 fully saturated rings. The second-order valence-corrected chi connectivity index (χ2v) is 23.9. The summed E-state index contributed by atoms with van der Waals surface area (Å²) in [6, 6.07) is 17.6. The fourth-order valence-electron chi connectivity index (χ4n) is 10.6. The number of allylic oxidation sites excluding steroid dienone is 1. The van der Waals surface area contributed by atoms with Gasteiger partial charge < -0.3 is 47.4 Å². The van der Waals surface area contributed by atoms with Crippen LogP contribution in [0, 0.1) is 0 Å². The van der Waals surface area contributed by atoms with Gasteiger partial charge in [-0.15, -0.1) is 0 Å². The molecule has 3 aromatic carbocycles. The number of hydrogen-bond donors (Lipinski definition) is 0. The Bertz CT molecular complexity index is 3100. The first kappa shape index (κ1) is 65.8. The van der Waals surface area contributed by atoms with E-state index in [4.69, 9.17) is 92.1 Å². The van der Waals surface area contributed by atoms with Gasteiger partial charge in [-0.2, -0.15) is 0 Å². The van der Waals surface area contributed by atoms with Crippen molar-refractivity contribution in [3.05, 3.63) is 86.6 Å². The van der Waals surface area contributed by atoms with Crippen LogP contribution < -0.4 is 33.2 Å². The van der Waals surface area contributed by atoms with Crippen LogP contribution in [-0.4, -0.2) is 173 Å². The van der Waals surface area contributed by atoms with E-state index in [1.807, 2.05) is 97.0 Å². The van der Waals surface area contributed by atoms with Crippen LogP contribution in [0.1, 0.15) is 112 Å². The average Bonchev–Trinajstić information content (AvgIpc) is 3.12. The molecule has 3 saturated heterocycles. The molecular formula is C66H89Cl3N6O10. The fraction of sp³-hybridized carbons (Fsp3) is 0.561. The number of aromatic nitrogens is 3. The van der Waals surface area contributed by atoms with Crippen LogP contribution in [0.3, 0.4) is 0 Å². The highest BCUT2D eigenvalue weighted by Gasteiger charge is 2.23. The summed E-state index contributed by atoms with van der Waals surface area (Å²) in [5, 5.41) is 4.28. The summed E-state index contributed by atoms with van der Waals surface area (Å²) in [6.45, 7) is 33.3. The predicted octanol–water partition coefficient (Wildman–Crippen LogP) is 14.0. The maximum Gasteiger partial charge on any atom is 0.217 e. The molecule has 6 aromatic rings. The first-order chi connectivity index (χ1) is 41.1. The summed E-state index contributed by atoms with van der Waals surface area (Å²) < 4.78 is 57.8. The molecular weight excluding hydrogens is 1140 g/mol. The van der Waals surface area contributed by atoms with Crippen LogP contribution in [0.25, 0.3) is 38.8 Å². The zero-order valence-electron chi connectivity index (χ0n) is 51.5. The molecule has 0 N–H and O–H groups in total. The van der Waals surface area contributed by atoms with E-state index in [-0.39, 0.29) is 18.3 Å². The lowest BCUT2D eigenvalue weighted by Gasteiger charge is -2.26. The topological polar surface area (TPSA) is 141 Å². The van der Waals surface area contributed by atoms with Crippen LogP contribution in [-0.2, 0) is 14.2 Å². The normalized spacial score (nSPS) is 16.5. The minimum atomic E-state index is 0.0355. The summed E-state index contributed by atoms with van der Waals surface area (Å²) in [7, 11) is 0. The molecule has 0 amide bonds. The highest BCUT2D eigenvalue weighted by molar-refractivity contribution is 6.37. The first-order valence-corrected chi connectivity index (χ1v) is 31.7. The molecule has 6 heterocycles. The minimum absolute atomic E-state index is 0.0355. The highest BCUT2D eigenvalue weighted by atomic mass is 35.5. The van der Waals surface area contributed by atoms with Gasteiger partial charge in [0.15, 0.2) is 0 Å². The quantitative estimate of drug-likeness (QED) is 0.0636. The number of rotatable bonds is 22. The van der Waals surface area contributed by atoms with Crippen molar-refractivity contribution < 1.29 is 47.4 Å². The largest absolute Gasteiger partial charge is 0.491 e. The number of hydrogen-bond acceptors (Lipinski definition) is 16. The Morgan fingerprint density at radius 3 is 1.29 bits per heavy atom. The Labute approximate surface area is 518 Å². The molecule has 85 heavy (non-hydrogen) atoms. The van der Waals surface area contributed by atoms with Crippen molar-refractivity contribution in [2.45, 2.75) is 119 Å². The van der Waals surface area contributed by atoms with Gasteiger partial charge in [-0.05, 0) is 118 Å². The van der Waals surface area contributed by atoms with Crippen molar-refractivity contribution in [1.29, 1.82) is 0 Å². The van der Waals surface area contributed by atoms with E-state index in [0.717, 1.165) is 149 Å². The fourth-order valence-corrected chi connectivity index (χ4v) is 11.3. The van der Waals surface area contributed by atoms with Crippen molar-refractivity contribution in [1.82, 2.24) is 29.7 Å². The zero-order chi connectivity index (χ0) is 60.2. The van der Waals surface area contributed by atoms with Crippen LogP contribution in [0.2, 0.25) is 15.1 Å². The van der Waals surface area contributed by atoms with Gasteiger partial charge >= 0.3 is 0 Å².